The van der Waals surface area contributed by atoms with Gasteiger partial charge < -0.3 is 15.0 Å². The summed E-state index contributed by atoms with van der Waals surface area (Å²) in [5, 5.41) is 3.56. The maximum atomic E-state index is 12.9. The number of benzene rings is 2. The van der Waals surface area contributed by atoms with Crippen molar-refractivity contribution in [2.45, 2.75) is 25.5 Å². The molecule has 0 aliphatic carbocycles. The number of aliphatic imine (C=N–C) groups is 1. The highest BCUT2D eigenvalue weighted by Crippen LogP contribution is 2.35. The van der Waals surface area contributed by atoms with Crippen LogP contribution in [0.4, 0.5) is 11.4 Å². The monoisotopic (exact) mass is 458 g/mol. The van der Waals surface area contributed by atoms with E-state index in [2.05, 4.69) is 10.3 Å². The van der Waals surface area contributed by atoms with Crippen LogP contribution in [-0.2, 0) is 9.59 Å². The molecule has 1 N–H and O–H groups in total. The van der Waals surface area contributed by atoms with Crippen LogP contribution < -0.4 is 15.0 Å². The number of hydrogen-bond acceptors (Lipinski definition) is 6. The number of anilines is 2. The summed E-state index contributed by atoms with van der Waals surface area (Å²) in [5.74, 6) is 0.297. The lowest BCUT2D eigenvalue weighted by Gasteiger charge is -2.32. The predicted octanol–water partition coefficient (Wildman–Crippen LogP) is 4.03. The van der Waals surface area contributed by atoms with E-state index in [0.717, 1.165) is 22.5 Å². The summed E-state index contributed by atoms with van der Waals surface area (Å²) < 4.78 is 5.20. The molecule has 7 nitrogen and oxygen atoms in total. The normalized spacial score (nSPS) is 18.0. The third-order valence-electron chi connectivity index (χ3n) is 5.37. The molecule has 1 saturated heterocycles. The van der Waals surface area contributed by atoms with Gasteiger partial charge in [-0.25, -0.2) is 4.99 Å². The van der Waals surface area contributed by atoms with Gasteiger partial charge in [0.05, 0.1) is 12.1 Å². The summed E-state index contributed by atoms with van der Waals surface area (Å²) in [6.07, 6.45) is 0.0975. The smallest absolute Gasteiger partial charge is 0.244 e. The Bertz CT molecular complexity index is 1070. The van der Waals surface area contributed by atoms with Crippen LogP contribution in [0.1, 0.15) is 17.5 Å². The first kappa shape index (κ1) is 21.5. The number of nitrogens with one attached hydrogen (secondary N) is 1. The number of carbonyl (C=O) groups is 2. The lowest BCUT2D eigenvalue weighted by molar-refractivity contribution is -0.128. The summed E-state index contributed by atoms with van der Waals surface area (Å²) in [7, 11) is 1.56. The Hall–Kier alpha value is -2.71. The number of nitrogens with zero attached hydrogens (tertiary/aromatic N) is 3. The van der Waals surface area contributed by atoms with Gasteiger partial charge in [-0.3, -0.25) is 14.5 Å². The van der Waals surface area contributed by atoms with E-state index >= 15 is 0 Å². The molecular weight excluding hydrogens is 436 g/mol. The molecule has 1 fully saturated rings. The first-order valence-electron chi connectivity index (χ1n) is 9.84. The first-order chi connectivity index (χ1) is 14.9. The van der Waals surface area contributed by atoms with Crippen LogP contribution in [0.15, 0.2) is 41.4 Å². The topological polar surface area (TPSA) is 74.2 Å². The molecule has 2 aliphatic rings. The van der Waals surface area contributed by atoms with E-state index in [4.69, 9.17) is 16.3 Å². The van der Waals surface area contributed by atoms with Gasteiger partial charge in [0.15, 0.2) is 5.17 Å². The largest absolute Gasteiger partial charge is 0.495 e. The van der Waals surface area contributed by atoms with Crippen molar-refractivity contribution >= 4 is 51.7 Å². The highest BCUT2D eigenvalue weighted by molar-refractivity contribution is 8.15. The number of methoxy groups -OCH3 is 1. The van der Waals surface area contributed by atoms with Crippen LogP contribution in [0.2, 0.25) is 5.02 Å². The van der Waals surface area contributed by atoms with E-state index in [0.29, 0.717) is 29.3 Å². The summed E-state index contributed by atoms with van der Waals surface area (Å²) in [5.41, 5.74) is 3.86. The number of aryl methyl sites for hydroxylation is 2. The molecule has 2 aromatic rings. The van der Waals surface area contributed by atoms with E-state index in [1.54, 1.807) is 24.1 Å². The number of thioether (sulfide) groups is 1. The molecule has 0 aromatic heterocycles. The minimum atomic E-state index is -0.482. The lowest BCUT2D eigenvalue weighted by atomic mass is 10.1. The highest BCUT2D eigenvalue weighted by atomic mass is 35.5. The molecule has 31 heavy (non-hydrogen) atoms. The molecule has 0 unspecified atom stereocenters. The minimum absolute atomic E-state index is 0.0975. The van der Waals surface area contributed by atoms with Crippen molar-refractivity contribution in [1.82, 2.24) is 4.90 Å². The van der Waals surface area contributed by atoms with Crippen molar-refractivity contribution in [3.8, 4) is 5.75 Å². The van der Waals surface area contributed by atoms with E-state index in [1.807, 2.05) is 43.0 Å². The maximum Gasteiger partial charge on any atom is 0.244 e. The zero-order chi connectivity index (χ0) is 22.1. The third-order valence-corrected chi connectivity index (χ3v) is 6.88. The van der Waals surface area contributed by atoms with Gasteiger partial charge in [-0.1, -0.05) is 29.4 Å². The zero-order valence-electron chi connectivity index (χ0n) is 17.5. The van der Waals surface area contributed by atoms with Gasteiger partial charge in [-0.2, -0.15) is 0 Å². The Morgan fingerprint density at radius 3 is 2.77 bits per heavy atom. The van der Waals surface area contributed by atoms with Crippen molar-refractivity contribution in [2.24, 2.45) is 4.99 Å². The molecule has 9 heteroatoms. The van der Waals surface area contributed by atoms with Gasteiger partial charge in [0.1, 0.15) is 24.3 Å². The van der Waals surface area contributed by atoms with Crippen LogP contribution in [-0.4, -0.2) is 47.6 Å². The summed E-state index contributed by atoms with van der Waals surface area (Å²) >= 11 is 7.58. The van der Waals surface area contributed by atoms with E-state index in [9.17, 15) is 9.59 Å². The molecule has 0 radical (unpaired) electrons. The second-order valence-electron chi connectivity index (χ2n) is 7.51. The minimum Gasteiger partial charge on any atom is -0.495 e. The van der Waals surface area contributed by atoms with Gasteiger partial charge in [0.25, 0.3) is 0 Å². The fourth-order valence-electron chi connectivity index (χ4n) is 3.47. The fraction of sp³-hybridized carbons (Fsp3) is 0.318. The SMILES string of the molecule is COc1ccc(N2CN=C3S[C@@H](CC(=O)Nc4ccc(C)c(C)c4)C(=O)N3C2)cc1Cl. The number of amidine groups is 1. The second-order valence-corrected chi connectivity index (χ2v) is 9.08. The summed E-state index contributed by atoms with van der Waals surface area (Å²) in [4.78, 5) is 33.6. The van der Waals surface area contributed by atoms with Crippen molar-refractivity contribution in [3.05, 3.63) is 52.5 Å². The van der Waals surface area contributed by atoms with E-state index in [-0.39, 0.29) is 18.2 Å². The second kappa shape index (κ2) is 8.80. The molecule has 2 aromatic carbocycles. The summed E-state index contributed by atoms with van der Waals surface area (Å²) in [6.45, 7) is 4.80. The number of rotatable bonds is 5. The predicted molar refractivity (Wildman–Crippen MR) is 125 cm³/mol. The van der Waals surface area contributed by atoms with Gasteiger partial charge in [0.2, 0.25) is 11.8 Å². The Morgan fingerprint density at radius 1 is 1.26 bits per heavy atom. The molecular formula is C22H23ClN4O3S. The van der Waals surface area contributed by atoms with Crippen LogP contribution in [0.3, 0.4) is 0 Å². The van der Waals surface area contributed by atoms with Crippen LogP contribution in [0, 0.1) is 13.8 Å². The van der Waals surface area contributed by atoms with Gasteiger partial charge >= 0.3 is 0 Å². The molecule has 1 atom stereocenters. The average molecular weight is 459 g/mol. The lowest BCUT2D eigenvalue weighted by Crippen LogP contribution is -2.46. The number of ether oxygens (including phenoxy) is 1. The number of amides is 2. The zero-order valence-corrected chi connectivity index (χ0v) is 19.1. The molecule has 2 amide bonds. The van der Waals surface area contributed by atoms with E-state index < -0.39 is 5.25 Å². The first-order valence-corrected chi connectivity index (χ1v) is 11.1. The molecule has 0 bridgehead atoms. The number of hydrogen-bond donors (Lipinski definition) is 1. The van der Waals surface area contributed by atoms with Gasteiger partial charge in [-0.15, -0.1) is 0 Å². The standard InChI is InChI=1S/C22H23ClN4O3S/c1-13-4-5-15(8-14(13)2)25-20(28)10-19-21(29)27-12-26(11-24-22(27)31-19)16-6-7-18(30-3)17(23)9-16/h4-9,19H,10-12H2,1-3H3,(H,25,28)/t19-/m0/s1. The molecule has 0 saturated carbocycles. The summed E-state index contributed by atoms with van der Waals surface area (Å²) in [6, 6.07) is 11.2. The number of fused-ring (bicyclic) bond motifs is 1. The van der Waals surface area contributed by atoms with Crippen LogP contribution in [0.5, 0.6) is 5.75 Å². The van der Waals surface area contributed by atoms with Crippen molar-refractivity contribution in [3.63, 3.8) is 0 Å². The highest BCUT2D eigenvalue weighted by Gasteiger charge is 2.41. The molecule has 0 spiro atoms. The van der Waals surface area contributed by atoms with Crippen molar-refractivity contribution in [2.75, 3.05) is 30.7 Å². The Kier molecular flexibility index (Phi) is 6.11. The Labute approximate surface area is 190 Å². The Balaban J connectivity index is 1.40. The molecule has 2 heterocycles. The third kappa shape index (κ3) is 4.50. The number of halogens is 1. The molecule has 4 rings (SSSR count). The average Bonchev–Trinajstić information content (AvgIpc) is 3.05. The quantitative estimate of drug-likeness (QED) is 0.732. The van der Waals surface area contributed by atoms with Crippen molar-refractivity contribution in [1.29, 1.82) is 0 Å². The number of carbonyl (C=O) groups excluding carboxylic acids is 2. The van der Waals surface area contributed by atoms with Crippen LogP contribution in [0.25, 0.3) is 0 Å². The maximum absolute atomic E-state index is 12.9. The van der Waals surface area contributed by atoms with Crippen molar-refractivity contribution < 1.29 is 14.3 Å². The van der Waals surface area contributed by atoms with Gasteiger partial charge in [-0.05, 0) is 55.3 Å². The van der Waals surface area contributed by atoms with Gasteiger partial charge in [0, 0.05) is 17.8 Å². The molecule has 2 aliphatic heterocycles. The molecule has 162 valence electrons. The van der Waals surface area contributed by atoms with E-state index in [1.165, 1.54) is 11.8 Å². The fourth-order valence-corrected chi connectivity index (χ4v) is 4.84. The Morgan fingerprint density at radius 2 is 2.06 bits per heavy atom. The van der Waals surface area contributed by atoms with Crippen LogP contribution >= 0.6 is 23.4 Å².